The standard InChI is InChI=1S/C24H37N3O4/c1-31-19-17-27-23(30)26(14-8-3-2-4-9-18-28)22(29)24(27)12-15-25(16-13-24)20-21-10-6-5-7-11-21/h5-7,10-11,28H,2-4,8-9,12-20H2,1H3. The molecule has 1 spiro atoms. The van der Waals surface area contributed by atoms with Crippen LogP contribution >= 0.6 is 0 Å². The molecule has 2 aliphatic rings. The number of nitrogens with zero attached hydrogens (tertiary/aromatic N) is 3. The van der Waals surface area contributed by atoms with E-state index >= 15 is 0 Å². The third-order valence-corrected chi connectivity index (χ3v) is 6.61. The summed E-state index contributed by atoms with van der Waals surface area (Å²) in [6.45, 7) is 4.06. The number of hydrogen-bond donors (Lipinski definition) is 1. The fourth-order valence-corrected chi connectivity index (χ4v) is 4.79. The monoisotopic (exact) mass is 431 g/mol. The molecule has 3 rings (SSSR count). The van der Waals surface area contributed by atoms with Crippen LogP contribution in [0, 0.1) is 0 Å². The van der Waals surface area contributed by atoms with Gasteiger partial charge in [-0.3, -0.25) is 14.6 Å². The van der Waals surface area contributed by atoms with Gasteiger partial charge in [-0.2, -0.15) is 0 Å². The molecule has 0 atom stereocenters. The molecule has 1 aromatic carbocycles. The Morgan fingerprint density at radius 1 is 0.968 bits per heavy atom. The number of ether oxygens (including phenoxy) is 1. The molecule has 2 heterocycles. The third-order valence-electron chi connectivity index (χ3n) is 6.61. The van der Waals surface area contributed by atoms with Gasteiger partial charge in [0, 0.05) is 46.4 Å². The molecule has 0 saturated carbocycles. The normalized spacial score (nSPS) is 19.0. The quantitative estimate of drug-likeness (QED) is 0.407. The summed E-state index contributed by atoms with van der Waals surface area (Å²) in [6.07, 6.45) is 5.94. The van der Waals surface area contributed by atoms with E-state index in [2.05, 4.69) is 17.0 Å². The van der Waals surface area contributed by atoms with Crippen LogP contribution in [0.4, 0.5) is 4.79 Å². The summed E-state index contributed by atoms with van der Waals surface area (Å²) < 4.78 is 5.24. The number of amides is 3. The predicted octanol–water partition coefficient (Wildman–Crippen LogP) is 2.87. The van der Waals surface area contributed by atoms with E-state index < -0.39 is 5.54 Å². The first-order valence-corrected chi connectivity index (χ1v) is 11.6. The van der Waals surface area contributed by atoms with Crippen LogP contribution in [0.25, 0.3) is 0 Å². The van der Waals surface area contributed by atoms with E-state index in [0.717, 1.165) is 51.7 Å². The minimum absolute atomic E-state index is 0.0247. The first-order chi connectivity index (χ1) is 15.1. The Morgan fingerprint density at radius 2 is 1.65 bits per heavy atom. The topological polar surface area (TPSA) is 73.3 Å². The molecule has 2 aliphatic heterocycles. The highest BCUT2D eigenvalue weighted by Crippen LogP contribution is 2.37. The van der Waals surface area contributed by atoms with Gasteiger partial charge in [-0.25, -0.2) is 4.79 Å². The van der Waals surface area contributed by atoms with E-state index in [1.807, 2.05) is 18.2 Å². The molecule has 31 heavy (non-hydrogen) atoms. The molecule has 7 nitrogen and oxygen atoms in total. The van der Waals surface area contributed by atoms with Crippen LogP contribution in [0.2, 0.25) is 0 Å². The summed E-state index contributed by atoms with van der Waals surface area (Å²) in [5, 5.41) is 8.89. The second-order valence-electron chi connectivity index (χ2n) is 8.67. The van der Waals surface area contributed by atoms with Crippen molar-refractivity contribution in [2.75, 3.05) is 46.5 Å². The fraction of sp³-hybridized carbons (Fsp3) is 0.667. The SMILES string of the molecule is COCCN1C(=O)N(CCCCCCCO)C(=O)C12CCN(Cc1ccccc1)CC2. The Kier molecular flexibility index (Phi) is 8.87. The molecule has 3 amide bonds. The van der Waals surface area contributed by atoms with Crippen LogP contribution in [0.3, 0.4) is 0 Å². The number of benzene rings is 1. The van der Waals surface area contributed by atoms with Crippen molar-refractivity contribution in [3.8, 4) is 0 Å². The van der Waals surface area contributed by atoms with E-state index in [1.54, 1.807) is 12.0 Å². The number of carbonyl (C=O) groups is 2. The molecular formula is C24H37N3O4. The van der Waals surface area contributed by atoms with Gasteiger partial charge in [-0.05, 0) is 31.2 Å². The average molecular weight is 432 g/mol. The van der Waals surface area contributed by atoms with Gasteiger partial charge in [0.2, 0.25) is 0 Å². The van der Waals surface area contributed by atoms with Gasteiger partial charge in [-0.15, -0.1) is 0 Å². The fourth-order valence-electron chi connectivity index (χ4n) is 4.79. The van der Waals surface area contributed by atoms with Crippen molar-refractivity contribution in [1.82, 2.24) is 14.7 Å². The van der Waals surface area contributed by atoms with Crippen LogP contribution in [0.5, 0.6) is 0 Å². The molecule has 1 N–H and O–H groups in total. The van der Waals surface area contributed by atoms with Gasteiger partial charge < -0.3 is 14.7 Å². The molecule has 0 bridgehead atoms. The zero-order chi connectivity index (χ0) is 22.1. The molecule has 0 aliphatic carbocycles. The lowest BCUT2D eigenvalue weighted by Gasteiger charge is -2.42. The van der Waals surface area contributed by atoms with Crippen molar-refractivity contribution < 1.29 is 19.4 Å². The third kappa shape index (κ3) is 5.64. The van der Waals surface area contributed by atoms with Gasteiger partial charge >= 0.3 is 6.03 Å². The summed E-state index contributed by atoms with van der Waals surface area (Å²) >= 11 is 0. The molecule has 2 saturated heterocycles. The highest BCUT2D eigenvalue weighted by molar-refractivity contribution is 6.07. The molecule has 0 aromatic heterocycles. The number of urea groups is 1. The van der Waals surface area contributed by atoms with Crippen LogP contribution in [0.15, 0.2) is 30.3 Å². The maximum Gasteiger partial charge on any atom is 0.327 e. The first kappa shape index (κ1) is 23.7. The summed E-state index contributed by atoms with van der Waals surface area (Å²) in [7, 11) is 1.63. The largest absolute Gasteiger partial charge is 0.396 e. The number of aliphatic hydroxyl groups excluding tert-OH is 1. The molecule has 0 radical (unpaired) electrons. The molecule has 2 fully saturated rings. The van der Waals surface area contributed by atoms with Crippen LogP contribution < -0.4 is 0 Å². The highest BCUT2D eigenvalue weighted by atomic mass is 16.5. The summed E-state index contributed by atoms with van der Waals surface area (Å²) in [6, 6.07) is 10.2. The van der Waals surface area contributed by atoms with Crippen molar-refractivity contribution in [3.05, 3.63) is 35.9 Å². The summed E-state index contributed by atoms with van der Waals surface area (Å²) in [4.78, 5) is 32.3. The Hall–Kier alpha value is -1.96. The van der Waals surface area contributed by atoms with E-state index in [-0.39, 0.29) is 18.5 Å². The van der Waals surface area contributed by atoms with E-state index in [9.17, 15) is 9.59 Å². The van der Waals surface area contributed by atoms with Gasteiger partial charge in [0.05, 0.1) is 6.61 Å². The van der Waals surface area contributed by atoms with Crippen LogP contribution in [0.1, 0.15) is 50.5 Å². The van der Waals surface area contributed by atoms with E-state index in [0.29, 0.717) is 32.5 Å². The van der Waals surface area contributed by atoms with Gasteiger partial charge in [-0.1, -0.05) is 49.6 Å². The van der Waals surface area contributed by atoms with Crippen molar-refractivity contribution in [2.24, 2.45) is 0 Å². The summed E-state index contributed by atoms with van der Waals surface area (Å²) in [5.41, 5.74) is 0.547. The number of rotatable bonds is 12. The highest BCUT2D eigenvalue weighted by Gasteiger charge is 2.57. The smallest absolute Gasteiger partial charge is 0.327 e. The van der Waals surface area contributed by atoms with Crippen molar-refractivity contribution in [2.45, 2.75) is 57.0 Å². The van der Waals surface area contributed by atoms with E-state index in [4.69, 9.17) is 9.84 Å². The molecule has 1 aromatic rings. The second kappa shape index (κ2) is 11.6. The van der Waals surface area contributed by atoms with Crippen molar-refractivity contribution >= 4 is 11.9 Å². The number of piperidine rings is 1. The van der Waals surface area contributed by atoms with Crippen LogP contribution in [-0.2, 0) is 16.1 Å². The summed E-state index contributed by atoms with van der Waals surface area (Å²) in [5.74, 6) is -0.0247. The van der Waals surface area contributed by atoms with Gasteiger partial charge in [0.1, 0.15) is 5.54 Å². The molecule has 172 valence electrons. The minimum Gasteiger partial charge on any atom is -0.396 e. The van der Waals surface area contributed by atoms with Gasteiger partial charge in [0.15, 0.2) is 0 Å². The lowest BCUT2D eigenvalue weighted by atomic mass is 9.85. The molecule has 0 unspecified atom stereocenters. The lowest BCUT2D eigenvalue weighted by Crippen LogP contribution is -2.57. The Morgan fingerprint density at radius 3 is 2.32 bits per heavy atom. The Bertz CT molecular complexity index is 704. The zero-order valence-corrected chi connectivity index (χ0v) is 18.8. The number of hydrogen-bond acceptors (Lipinski definition) is 5. The second-order valence-corrected chi connectivity index (χ2v) is 8.67. The van der Waals surface area contributed by atoms with Crippen molar-refractivity contribution in [1.29, 1.82) is 0 Å². The number of aliphatic hydroxyl groups is 1. The van der Waals surface area contributed by atoms with Crippen molar-refractivity contribution in [3.63, 3.8) is 0 Å². The number of unbranched alkanes of at least 4 members (excludes halogenated alkanes) is 4. The molecule has 7 heteroatoms. The number of imide groups is 1. The maximum atomic E-state index is 13.5. The average Bonchev–Trinajstić information content (AvgIpc) is 2.98. The van der Waals surface area contributed by atoms with Gasteiger partial charge in [0.25, 0.3) is 5.91 Å². The Balaban J connectivity index is 1.61. The van der Waals surface area contributed by atoms with E-state index in [1.165, 1.54) is 10.5 Å². The lowest BCUT2D eigenvalue weighted by molar-refractivity contribution is -0.136. The number of carbonyl (C=O) groups excluding carboxylic acids is 2. The number of likely N-dealkylation sites (tertiary alicyclic amines) is 1. The first-order valence-electron chi connectivity index (χ1n) is 11.6. The zero-order valence-electron chi connectivity index (χ0n) is 18.8. The minimum atomic E-state index is -0.723. The predicted molar refractivity (Wildman–Crippen MR) is 120 cm³/mol. The number of methoxy groups -OCH3 is 1. The van der Waals surface area contributed by atoms with Crippen LogP contribution in [-0.4, -0.2) is 83.8 Å². The maximum absolute atomic E-state index is 13.5. The molecular weight excluding hydrogens is 394 g/mol. The Labute approximate surface area is 185 Å².